The van der Waals surface area contributed by atoms with Gasteiger partial charge in [0.05, 0.1) is 5.52 Å². The molecule has 0 bridgehead atoms. The van der Waals surface area contributed by atoms with Gasteiger partial charge in [0, 0.05) is 36.0 Å². The van der Waals surface area contributed by atoms with E-state index < -0.39 is 0 Å². The molecule has 0 aliphatic heterocycles. The van der Waals surface area contributed by atoms with Gasteiger partial charge in [0.2, 0.25) is 0 Å². The van der Waals surface area contributed by atoms with Gasteiger partial charge in [-0.15, -0.1) is 24.0 Å². The first-order chi connectivity index (χ1) is 12.3. The number of hydrogen-bond acceptors (Lipinski definition) is 3. The summed E-state index contributed by atoms with van der Waals surface area (Å²) in [7, 11) is 0. The Morgan fingerprint density at radius 1 is 1.27 bits per heavy atom. The minimum atomic E-state index is 0. The zero-order valence-electron chi connectivity index (χ0n) is 15.6. The fourth-order valence-electron chi connectivity index (χ4n) is 3.46. The molecule has 2 atom stereocenters. The van der Waals surface area contributed by atoms with E-state index in [4.69, 9.17) is 4.99 Å². The lowest BCUT2D eigenvalue weighted by atomic mass is 10.1. The van der Waals surface area contributed by atoms with Gasteiger partial charge in [-0.3, -0.25) is 9.98 Å². The first-order valence-electron chi connectivity index (χ1n) is 9.20. The van der Waals surface area contributed by atoms with Crippen molar-refractivity contribution in [3.05, 3.63) is 42.1 Å². The summed E-state index contributed by atoms with van der Waals surface area (Å²) in [4.78, 5) is 9.32. The van der Waals surface area contributed by atoms with E-state index in [1.54, 1.807) is 0 Å². The fraction of sp³-hybridized carbons (Fsp3) is 0.500. The summed E-state index contributed by atoms with van der Waals surface area (Å²) in [5.74, 6) is 0.947. The number of rotatable bonds is 6. The molecule has 2 aromatic rings. The highest BCUT2D eigenvalue weighted by Crippen LogP contribution is 2.28. The Morgan fingerprint density at radius 2 is 2.12 bits per heavy atom. The van der Waals surface area contributed by atoms with Gasteiger partial charge in [-0.1, -0.05) is 24.3 Å². The lowest BCUT2D eigenvalue weighted by Crippen LogP contribution is -2.42. The third kappa shape index (κ3) is 5.74. The molecule has 26 heavy (non-hydrogen) atoms. The molecule has 1 aliphatic carbocycles. The molecule has 6 heteroatoms. The van der Waals surface area contributed by atoms with E-state index in [1.165, 1.54) is 30.2 Å². The number of hydrogen-bond donors (Lipinski definition) is 2. The summed E-state index contributed by atoms with van der Waals surface area (Å²) in [5, 5.41) is 8.99. The smallest absolute Gasteiger partial charge is 0.191 e. The Balaban J connectivity index is 0.00000243. The van der Waals surface area contributed by atoms with E-state index in [2.05, 4.69) is 53.1 Å². The first-order valence-corrected chi connectivity index (χ1v) is 10.5. The van der Waals surface area contributed by atoms with E-state index >= 15 is 0 Å². The van der Waals surface area contributed by atoms with Crippen LogP contribution in [0.3, 0.4) is 0 Å². The topological polar surface area (TPSA) is 49.3 Å². The highest BCUT2D eigenvalue weighted by molar-refractivity contribution is 14.0. The number of benzene rings is 1. The molecule has 3 rings (SSSR count). The second-order valence-electron chi connectivity index (χ2n) is 6.51. The van der Waals surface area contributed by atoms with Crippen molar-refractivity contribution in [2.75, 3.05) is 19.3 Å². The van der Waals surface area contributed by atoms with Gasteiger partial charge < -0.3 is 10.6 Å². The lowest BCUT2D eigenvalue weighted by Gasteiger charge is -2.17. The number of pyridine rings is 1. The Labute approximate surface area is 178 Å². The van der Waals surface area contributed by atoms with Crippen LogP contribution in [0, 0.1) is 0 Å². The van der Waals surface area contributed by atoms with Crippen molar-refractivity contribution in [2.45, 2.75) is 43.9 Å². The maximum atomic E-state index is 4.79. The monoisotopic (exact) mass is 484 g/mol. The second kappa shape index (κ2) is 11.0. The molecule has 2 N–H and O–H groups in total. The summed E-state index contributed by atoms with van der Waals surface area (Å²) in [6.07, 6.45) is 8.76. The maximum absolute atomic E-state index is 4.79. The molecule has 1 aliphatic rings. The summed E-state index contributed by atoms with van der Waals surface area (Å²) < 4.78 is 0. The van der Waals surface area contributed by atoms with Crippen LogP contribution in [-0.4, -0.2) is 41.6 Å². The molecule has 1 fully saturated rings. The van der Waals surface area contributed by atoms with E-state index in [9.17, 15) is 0 Å². The highest BCUT2D eigenvalue weighted by Gasteiger charge is 2.24. The quantitative estimate of drug-likeness (QED) is 0.366. The van der Waals surface area contributed by atoms with E-state index in [0.717, 1.165) is 36.2 Å². The third-order valence-electron chi connectivity index (χ3n) is 4.77. The molecule has 1 heterocycles. The number of nitrogens with zero attached hydrogens (tertiary/aromatic N) is 2. The number of aliphatic imine (C=N–C) groups is 1. The number of guanidine groups is 1. The van der Waals surface area contributed by atoms with Crippen LogP contribution >= 0.6 is 35.7 Å². The van der Waals surface area contributed by atoms with Crippen molar-refractivity contribution in [3.8, 4) is 0 Å². The molecular weight excluding hydrogens is 455 g/mol. The predicted octanol–water partition coefficient (Wildman–Crippen LogP) is 4.23. The Hall–Kier alpha value is -1.02. The molecule has 0 saturated heterocycles. The average molecular weight is 484 g/mol. The second-order valence-corrected chi connectivity index (χ2v) is 7.65. The number of thioether (sulfide) groups is 1. The van der Waals surface area contributed by atoms with Crippen LogP contribution in [0.2, 0.25) is 0 Å². The van der Waals surface area contributed by atoms with Gasteiger partial charge in [0.25, 0.3) is 0 Å². The Morgan fingerprint density at radius 3 is 2.88 bits per heavy atom. The molecule has 142 valence electrons. The van der Waals surface area contributed by atoms with Crippen molar-refractivity contribution in [2.24, 2.45) is 4.99 Å². The van der Waals surface area contributed by atoms with Crippen LogP contribution in [0.1, 0.15) is 31.7 Å². The molecule has 1 saturated carbocycles. The molecule has 1 aromatic heterocycles. The van der Waals surface area contributed by atoms with E-state index in [1.807, 2.05) is 24.0 Å². The van der Waals surface area contributed by atoms with Crippen molar-refractivity contribution in [1.82, 2.24) is 15.6 Å². The van der Waals surface area contributed by atoms with E-state index in [0.29, 0.717) is 6.04 Å². The molecule has 4 nitrogen and oxygen atoms in total. The van der Waals surface area contributed by atoms with Crippen LogP contribution in [0.15, 0.2) is 41.5 Å². The normalized spacial score (nSPS) is 20.0. The van der Waals surface area contributed by atoms with Crippen molar-refractivity contribution < 1.29 is 0 Å². The van der Waals surface area contributed by atoms with Gasteiger partial charge in [-0.05, 0) is 50.5 Å². The average Bonchev–Trinajstić information content (AvgIpc) is 3.10. The van der Waals surface area contributed by atoms with Crippen LogP contribution in [-0.2, 0) is 6.42 Å². The predicted molar refractivity (Wildman–Crippen MR) is 125 cm³/mol. The Kier molecular flexibility index (Phi) is 8.98. The summed E-state index contributed by atoms with van der Waals surface area (Å²) in [6, 6.07) is 11.0. The van der Waals surface area contributed by atoms with Crippen LogP contribution in [0.5, 0.6) is 0 Å². The Bertz CT molecular complexity index is 717. The number of nitrogens with one attached hydrogen (secondary N) is 2. The van der Waals surface area contributed by atoms with Crippen LogP contribution in [0.25, 0.3) is 10.9 Å². The fourth-order valence-corrected chi connectivity index (χ4v) is 4.25. The van der Waals surface area contributed by atoms with Crippen molar-refractivity contribution >= 4 is 52.6 Å². The SMILES string of the molecule is CCNC(=NCCc1cccc2cccnc12)NC1CCC(SC)C1.I. The van der Waals surface area contributed by atoms with Gasteiger partial charge >= 0.3 is 0 Å². The molecule has 0 radical (unpaired) electrons. The molecule has 1 aromatic carbocycles. The van der Waals surface area contributed by atoms with Crippen LogP contribution < -0.4 is 10.6 Å². The van der Waals surface area contributed by atoms with Crippen LogP contribution in [0.4, 0.5) is 0 Å². The summed E-state index contributed by atoms with van der Waals surface area (Å²) in [6.45, 7) is 3.77. The minimum Gasteiger partial charge on any atom is -0.357 e. The summed E-state index contributed by atoms with van der Waals surface area (Å²) in [5.41, 5.74) is 2.36. The number of fused-ring (bicyclic) bond motifs is 1. The number of para-hydroxylation sites is 1. The van der Waals surface area contributed by atoms with Gasteiger partial charge in [0.1, 0.15) is 0 Å². The van der Waals surface area contributed by atoms with Crippen molar-refractivity contribution in [1.29, 1.82) is 0 Å². The first kappa shape index (κ1) is 21.3. The highest BCUT2D eigenvalue weighted by atomic mass is 127. The third-order valence-corrected chi connectivity index (χ3v) is 5.87. The zero-order valence-corrected chi connectivity index (χ0v) is 18.7. The standard InChI is InChI=1S/C20H28N4S.HI/c1-3-21-20(24-17-9-10-18(14-17)25-2)23-13-11-16-7-4-6-15-8-5-12-22-19(15)16;/h4-8,12,17-18H,3,9-11,13-14H2,1-2H3,(H2,21,23,24);1H. The van der Waals surface area contributed by atoms with Gasteiger partial charge in [-0.2, -0.15) is 11.8 Å². The largest absolute Gasteiger partial charge is 0.357 e. The molecule has 2 unspecified atom stereocenters. The lowest BCUT2D eigenvalue weighted by molar-refractivity contribution is 0.615. The zero-order chi connectivity index (χ0) is 17.5. The maximum Gasteiger partial charge on any atom is 0.191 e. The molecule has 0 spiro atoms. The summed E-state index contributed by atoms with van der Waals surface area (Å²) >= 11 is 1.99. The van der Waals surface area contributed by atoms with Crippen molar-refractivity contribution in [3.63, 3.8) is 0 Å². The van der Waals surface area contributed by atoms with E-state index in [-0.39, 0.29) is 24.0 Å². The van der Waals surface area contributed by atoms with Gasteiger partial charge in [0.15, 0.2) is 5.96 Å². The molecule has 0 amide bonds. The number of aromatic nitrogens is 1. The molecular formula is C20H29IN4S. The number of halogens is 1. The minimum absolute atomic E-state index is 0. The van der Waals surface area contributed by atoms with Gasteiger partial charge in [-0.25, -0.2) is 0 Å².